The standard InChI is InChI=1S/C12H20BrN3/c1-10(2)8-16-12(14-9-15-16)7-11(3)5-4-6-13/h5,9-10H,4,6-8H2,1-3H3. The molecule has 0 bridgehead atoms. The molecule has 1 heterocycles. The maximum Gasteiger partial charge on any atom is 0.138 e. The fourth-order valence-electron chi connectivity index (χ4n) is 1.55. The van der Waals surface area contributed by atoms with Crippen molar-refractivity contribution in [3.63, 3.8) is 0 Å². The molecular weight excluding hydrogens is 266 g/mol. The Morgan fingerprint density at radius 1 is 1.56 bits per heavy atom. The molecule has 0 spiro atoms. The molecule has 0 N–H and O–H groups in total. The molecule has 0 aliphatic carbocycles. The molecule has 0 radical (unpaired) electrons. The van der Waals surface area contributed by atoms with Gasteiger partial charge in [0, 0.05) is 18.3 Å². The third-order valence-corrected chi connectivity index (χ3v) is 2.73. The monoisotopic (exact) mass is 285 g/mol. The van der Waals surface area contributed by atoms with Crippen molar-refractivity contribution in [2.75, 3.05) is 5.33 Å². The zero-order valence-electron chi connectivity index (χ0n) is 10.3. The first kappa shape index (κ1) is 13.4. The fraction of sp³-hybridized carbons (Fsp3) is 0.667. The van der Waals surface area contributed by atoms with Crippen LogP contribution in [0.3, 0.4) is 0 Å². The van der Waals surface area contributed by atoms with Gasteiger partial charge in [0.1, 0.15) is 12.2 Å². The van der Waals surface area contributed by atoms with Crippen molar-refractivity contribution in [1.82, 2.24) is 14.8 Å². The van der Waals surface area contributed by atoms with Gasteiger partial charge in [0.2, 0.25) is 0 Å². The highest BCUT2D eigenvalue weighted by molar-refractivity contribution is 9.09. The quantitative estimate of drug-likeness (QED) is 0.594. The lowest BCUT2D eigenvalue weighted by molar-refractivity contribution is 0.468. The van der Waals surface area contributed by atoms with Crippen molar-refractivity contribution in [2.45, 2.75) is 40.2 Å². The average molecular weight is 286 g/mol. The van der Waals surface area contributed by atoms with Crippen LogP contribution < -0.4 is 0 Å². The third-order valence-electron chi connectivity index (χ3n) is 2.27. The molecule has 0 saturated carbocycles. The lowest BCUT2D eigenvalue weighted by atomic mass is 10.1. The first-order valence-electron chi connectivity index (χ1n) is 5.71. The van der Waals surface area contributed by atoms with E-state index >= 15 is 0 Å². The van der Waals surface area contributed by atoms with Crippen LogP contribution in [0.1, 0.15) is 33.0 Å². The summed E-state index contributed by atoms with van der Waals surface area (Å²) in [6.45, 7) is 7.48. The van der Waals surface area contributed by atoms with Crippen LogP contribution in [0.4, 0.5) is 0 Å². The number of allylic oxidation sites excluding steroid dienone is 2. The summed E-state index contributed by atoms with van der Waals surface area (Å²) in [4.78, 5) is 4.32. The zero-order chi connectivity index (χ0) is 12.0. The van der Waals surface area contributed by atoms with Crippen LogP contribution in [-0.2, 0) is 13.0 Å². The van der Waals surface area contributed by atoms with Gasteiger partial charge >= 0.3 is 0 Å². The summed E-state index contributed by atoms with van der Waals surface area (Å²) in [5.74, 6) is 1.67. The molecule has 4 heteroatoms. The largest absolute Gasteiger partial charge is 0.250 e. The zero-order valence-corrected chi connectivity index (χ0v) is 11.9. The second kappa shape index (κ2) is 6.84. The molecule has 90 valence electrons. The van der Waals surface area contributed by atoms with Crippen molar-refractivity contribution in [3.8, 4) is 0 Å². The highest BCUT2D eigenvalue weighted by Gasteiger charge is 2.06. The highest BCUT2D eigenvalue weighted by atomic mass is 79.9. The molecule has 1 aromatic rings. The molecule has 0 fully saturated rings. The maximum absolute atomic E-state index is 4.32. The lowest BCUT2D eigenvalue weighted by Gasteiger charge is -2.08. The Hall–Kier alpha value is -0.640. The molecule has 0 aromatic carbocycles. The second-order valence-corrected chi connectivity index (χ2v) is 5.25. The van der Waals surface area contributed by atoms with Gasteiger partial charge in [0.15, 0.2) is 0 Å². The Morgan fingerprint density at radius 2 is 2.31 bits per heavy atom. The van der Waals surface area contributed by atoms with Crippen LogP contribution in [0.15, 0.2) is 18.0 Å². The predicted molar refractivity (Wildman–Crippen MR) is 70.7 cm³/mol. The number of hydrogen-bond donors (Lipinski definition) is 0. The molecule has 0 amide bonds. The van der Waals surface area contributed by atoms with E-state index in [1.807, 2.05) is 4.68 Å². The fourth-order valence-corrected chi connectivity index (χ4v) is 1.77. The predicted octanol–water partition coefficient (Wildman–Crippen LogP) is 3.21. The Labute approximate surface area is 106 Å². The summed E-state index contributed by atoms with van der Waals surface area (Å²) in [5.41, 5.74) is 1.36. The summed E-state index contributed by atoms with van der Waals surface area (Å²) in [6.07, 6.45) is 5.88. The van der Waals surface area contributed by atoms with Crippen molar-refractivity contribution < 1.29 is 0 Å². The van der Waals surface area contributed by atoms with Crippen LogP contribution in [-0.4, -0.2) is 20.1 Å². The first-order chi connectivity index (χ1) is 7.63. The number of hydrogen-bond acceptors (Lipinski definition) is 2. The van der Waals surface area contributed by atoms with E-state index in [1.54, 1.807) is 6.33 Å². The molecule has 1 aromatic heterocycles. The molecular formula is C12H20BrN3. The number of halogens is 1. The Kier molecular flexibility index (Phi) is 5.74. The van der Waals surface area contributed by atoms with Gasteiger partial charge in [0.25, 0.3) is 0 Å². The van der Waals surface area contributed by atoms with Crippen molar-refractivity contribution in [2.24, 2.45) is 5.92 Å². The van der Waals surface area contributed by atoms with Gasteiger partial charge in [-0.1, -0.05) is 41.4 Å². The molecule has 0 unspecified atom stereocenters. The molecule has 16 heavy (non-hydrogen) atoms. The summed E-state index contributed by atoms with van der Waals surface area (Å²) in [5, 5.41) is 5.28. The summed E-state index contributed by atoms with van der Waals surface area (Å²) >= 11 is 3.43. The summed E-state index contributed by atoms with van der Waals surface area (Å²) < 4.78 is 2.01. The van der Waals surface area contributed by atoms with E-state index in [9.17, 15) is 0 Å². The van der Waals surface area contributed by atoms with E-state index < -0.39 is 0 Å². The van der Waals surface area contributed by atoms with Crippen LogP contribution in [0, 0.1) is 5.92 Å². The molecule has 0 aliphatic rings. The molecule has 0 saturated heterocycles. The van der Waals surface area contributed by atoms with Gasteiger partial charge < -0.3 is 0 Å². The van der Waals surface area contributed by atoms with Crippen LogP contribution >= 0.6 is 15.9 Å². The number of aromatic nitrogens is 3. The molecule has 3 nitrogen and oxygen atoms in total. The van der Waals surface area contributed by atoms with Crippen molar-refractivity contribution >= 4 is 15.9 Å². The van der Waals surface area contributed by atoms with Crippen molar-refractivity contribution in [1.29, 1.82) is 0 Å². The SMILES string of the molecule is CC(=CCCBr)Cc1ncnn1CC(C)C. The Morgan fingerprint density at radius 3 is 2.94 bits per heavy atom. The highest BCUT2D eigenvalue weighted by Crippen LogP contribution is 2.08. The minimum atomic E-state index is 0.604. The van der Waals surface area contributed by atoms with E-state index in [-0.39, 0.29) is 0 Å². The van der Waals surface area contributed by atoms with Gasteiger partial charge in [0.05, 0.1) is 0 Å². The summed E-state index contributed by atoms with van der Waals surface area (Å²) in [7, 11) is 0. The van der Waals surface area contributed by atoms with E-state index in [0.29, 0.717) is 5.92 Å². The van der Waals surface area contributed by atoms with Crippen LogP contribution in [0.2, 0.25) is 0 Å². The van der Waals surface area contributed by atoms with E-state index in [4.69, 9.17) is 0 Å². The van der Waals surface area contributed by atoms with E-state index in [0.717, 1.165) is 30.5 Å². The topological polar surface area (TPSA) is 30.7 Å². The minimum Gasteiger partial charge on any atom is -0.250 e. The third kappa shape index (κ3) is 4.47. The average Bonchev–Trinajstić information content (AvgIpc) is 2.62. The van der Waals surface area contributed by atoms with E-state index in [1.165, 1.54) is 5.57 Å². The number of alkyl halides is 1. The van der Waals surface area contributed by atoms with Gasteiger partial charge in [-0.25, -0.2) is 9.67 Å². The molecule has 0 aliphatic heterocycles. The molecule has 1 rings (SSSR count). The van der Waals surface area contributed by atoms with Crippen molar-refractivity contribution in [3.05, 3.63) is 23.8 Å². The molecule has 0 atom stereocenters. The summed E-state index contributed by atoms with van der Waals surface area (Å²) in [6, 6.07) is 0. The van der Waals surface area contributed by atoms with E-state index in [2.05, 4.69) is 52.9 Å². The van der Waals surface area contributed by atoms with Gasteiger partial charge in [-0.2, -0.15) is 5.10 Å². The second-order valence-electron chi connectivity index (χ2n) is 4.46. The Balaban J connectivity index is 2.62. The first-order valence-corrected chi connectivity index (χ1v) is 6.84. The maximum atomic E-state index is 4.32. The van der Waals surface area contributed by atoms with Crippen LogP contribution in [0.5, 0.6) is 0 Å². The lowest BCUT2D eigenvalue weighted by Crippen LogP contribution is -2.10. The smallest absolute Gasteiger partial charge is 0.138 e. The minimum absolute atomic E-state index is 0.604. The Bertz CT molecular complexity index is 342. The normalized spacial score (nSPS) is 12.4. The van der Waals surface area contributed by atoms with Gasteiger partial charge in [-0.15, -0.1) is 0 Å². The van der Waals surface area contributed by atoms with Crippen LogP contribution in [0.25, 0.3) is 0 Å². The van der Waals surface area contributed by atoms with Gasteiger partial charge in [-0.05, 0) is 19.3 Å². The number of rotatable bonds is 6. The van der Waals surface area contributed by atoms with Gasteiger partial charge in [-0.3, -0.25) is 0 Å². The number of nitrogens with zero attached hydrogens (tertiary/aromatic N) is 3.